The molecule has 0 aliphatic carbocycles. The third kappa shape index (κ3) is 4.24. The lowest BCUT2D eigenvalue weighted by Gasteiger charge is -2.14. The van der Waals surface area contributed by atoms with Gasteiger partial charge in [-0.15, -0.1) is 0 Å². The van der Waals surface area contributed by atoms with Crippen LogP contribution in [0.1, 0.15) is 24.1 Å². The summed E-state index contributed by atoms with van der Waals surface area (Å²) in [4.78, 5) is 10.1. The second-order valence-electron chi connectivity index (χ2n) is 4.73. The zero-order chi connectivity index (χ0) is 15.4. The highest BCUT2D eigenvalue weighted by atomic mass is 35.5. The van der Waals surface area contributed by atoms with Crippen molar-refractivity contribution in [1.29, 1.82) is 0 Å². The molecule has 0 radical (unpaired) electrons. The Kier molecular flexibility index (Phi) is 4.88. The van der Waals surface area contributed by atoms with Gasteiger partial charge in [0.25, 0.3) is 5.69 Å². The molecule has 0 heterocycles. The molecule has 21 heavy (non-hydrogen) atoms. The van der Waals surface area contributed by atoms with E-state index in [-0.39, 0.29) is 11.7 Å². The molecule has 0 aliphatic rings. The lowest BCUT2D eigenvalue weighted by Crippen LogP contribution is -2.18. The number of benzene rings is 2. The molecule has 6 heteroatoms. The summed E-state index contributed by atoms with van der Waals surface area (Å²) in [5.41, 5.74) is 1.27. The summed E-state index contributed by atoms with van der Waals surface area (Å²) in [5, 5.41) is 14.5. The molecule has 1 atom stereocenters. The molecule has 0 saturated carbocycles. The van der Waals surface area contributed by atoms with Crippen molar-refractivity contribution in [3.8, 4) is 0 Å². The Morgan fingerprint density at radius 3 is 2.76 bits per heavy atom. The third-order valence-electron chi connectivity index (χ3n) is 3.11. The minimum absolute atomic E-state index is 0.00831. The normalized spacial score (nSPS) is 12.1. The average molecular weight is 309 g/mol. The van der Waals surface area contributed by atoms with Crippen molar-refractivity contribution in [3.63, 3.8) is 0 Å². The van der Waals surface area contributed by atoms with E-state index in [1.165, 1.54) is 12.1 Å². The first-order chi connectivity index (χ1) is 9.95. The summed E-state index contributed by atoms with van der Waals surface area (Å²) < 4.78 is 13.3. The van der Waals surface area contributed by atoms with E-state index in [9.17, 15) is 14.5 Å². The van der Waals surface area contributed by atoms with Gasteiger partial charge >= 0.3 is 0 Å². The second-order valence-corrected chi connectivity index (χ2v) is 5.17. The fourth-order valence-electron chi connectivity index (χ4n) is 2.01. The second kappa shape index (κ2) is 6.65. The fourth-order valence-corrected chi connectivity index (χ4v) is 2.20. The molecule has 0 fully saturated rings. The summed E-state index contributed by atoms with van der Waals surface area (Å²) in [6.07, 6.45) is 0. The van der Waals surface area contributed by atoms with E-state index in [1.807, 2.05) is 25.1 Å². The van der Waals surface area contributed by atoms with Crippen molar-refractivity contribution < 1.29 is 9.31 Å². The Hall–Kier alpha value is -1.98. The molecule has 0 aliphatic heterocycles. The number of non-ortho nitro benzene ring substituents is 1. The molecule has 2 rings (SSSR count). The number of nitrogens with zero attached hydrogens (tertiary/aromatic N) is 1. The highest BCUT2D eigenvalue weighted by Gasteiger charge is 2.11. The number of nitro groups is 1. The van der Waals surface area contributed by atoms with Crippen LogP contribution in [0.25, 0.3) is 0 Å². The molecule has 0 spiro atoms. The van der Waals surface area contributed by atoms with E-state index < -0.39 is 10.7 Å². The van der Waals surface area contributed by atoms with Crippen LogP contribution in [0, 0.1) is 15.9 Å². The maximum absolute atomic E-state index is 13.3. The zero-order valence-electron chi connectivity index (χ0n) is 11.3. The average Bonchev–Trinajstić information content (AvgIpc) is 2.44. The van der Waals surface area contributed by atoms with Crippen LogP contribution in [0.4, 0.5) is 10.1 Å². The lowest BCUT2D eigenvalue weighted by atomic mass is 10.1. The predicted molar refractivity (Wildman–Crippen MR) is 79.8 cm³/mol. The van der Waals surface area contributed by atoms with Crippen LogP contribution in [0.5, 0.6) is 0 Å². The number of nitro benzene ring substituents is 1. The first-order valence-electron chi connectivity index (χ1n) is 6.38. The Morgan fingerprint density at radius 2 is 2.10 bits per heavy atom. The van der Waals surface area contributed by atoms with Crippen molar-refractivity contribution >= 4 is 17.3 Å². The van der Waals surface area contributed by atoms with Gasteiger partial charge in [0.2, 0.25) is 0 Å². The molecule has 4 nitrogen and oxygen atoms in total. The van der Waals surface area contributed by atoms with Crippen molar-refractivity contribution in [2.45, 2.75) is 19.5 Å². The SMILES string of the molecule is C[C@@H](NCc1cc(F)cc([N+](=O)[O-])c1)c1cccc(Cl)c1. The largest absolute Gasteiger partial charge is 0.306 e. The van der Waals surface area contributed by atoms with Crippen molar-refractivity contribution in [2.24, 2.45) is 0 Å². The summed E-state index contributed by atoms with van der Waals surface area (Å²) in [6.45, 7) is 2.27. The Balaban J connectivity index is 2.07. The van der Waals surface area contributed by atoms with Gasteiger partial charge in [-0.05, 0) is 36.2 Å². The van der Waals surface area contributed by atoms with Gasteiger partial charge in [-0.1, -0.05) is 23.7 Å². The van der Waals surface area contributed by atoms with Crippen LogP contribution in [-0.4, -0.2) is 4.92 Å². The molecule has 0 saturated heterocycles. The molecule has 110 valence electrons. The van der Waals surface area contributed by atoms with E-state index in [0.717, 1.165) is 11.6 Å². The maximum Gasteiger partial charge on any atom is 0.272 e. The van der Waals surface area contributed by atoms with Crippen LogP contribution in [-0.2, 0) is 6.54 Å². The molecule has 1 N–H and O–H groups in total. The standard InChI is InChI=1S/C15H14ClFN2O2/c1-10(12-3-2-4-13(16)7-12)18-9-11-5-14(17)8-15(6-11)19(20)21/h2-8,10,18H,9H2,1H3/t10-/m1/s1. The Morgan fingerprint density at radius 1 is 1.33 bits per heavy atom. The van der Waals surface area contributed by atoms with Crippen LogP contribution in [0.15, 0.2) is 42.5 Å². The fraction of sp³-hybridized carbons (Fsp3) is 0.200. The third-order valence-corrected chi connectivity index (χ3v) is 3.35. The molecular weight excluding hydrogens is 295 g/mol. The minimum atomic E-state index is -0.614. The number of hydrogen-bond donors (Lipinski definition) is 1. The number of hydrogen-bond acceptors (Lipinski definition) is 3. The van der Waals surface area contributed by atoms with Crippen LogP contribution >= 0.6 is 11.6 Å². The highest BCUT2D eigenvalue weighted by molar-refractivity contribution is 6.30. The van der Waals surface area contributed by atoms with Crippen LogP contribution in [0.3, 0.4) is 0 Å². The number of nitrogens with one attached hydrogen (secondary N) is 1. The van der Waals surface area contributed by atoms with Gasteiger partial charge in [0, 0.05) is 23.7 Å². The van der Waals surface area contributed by atoms with Gasteiger partial charge in [0.05, 0.1) is 11.0 Å². The highest BCUT2D eigenvalue weighted by Crippen LogP contribution is 2.19. The summed E-state index contributed by atoms with van der Waals surface area (Å²) in [7, 11) is 0. The van der Waals surface area contributed by atoms with Crippen molar-refractivity contribution in [2.75, 3.05) is 0 Å². The summed E-state index contributed by atoms with van der Waals surface area (Å²) in [6, 6.07) is 10.9. The zero-order valence-corrected chi connectivity index (χ0v) is 12.1. The first-order valence-corrected chi connectivity index (χ1v) is 6.76. The van der Waals surface area contributed by atoms with Crippen LogP contribution in [0.2, 0.25) is 5.02 Å². The minimum Gasteiger partial charge on any atom is -0.306 e. The molecular formula is C15H14ClFN2O2. The van der Waals surface area contributed by atoms with Gasteiger partial charge < -0.3 is 5.32 Å². The molecule has 0 aromatic heterocycles. The summed E-state index contributed by atoms with van der Waals surface area (Å²) >= 11 is 5.93. The first kappa shape index (κ1) is 15.4. The number of rotatable bonds is 5. The quantitative estimate of drug-likeness (QED) is 0.664. The van der Waals surface area contributed by atoms with E-state index in [1.54, 1.807) is 6.07 Å². The van der Waals surface area contributed by atoms with Gasteiger partial charge in [-0.3, -0.25) is 10.1 Å². The summed E-state index contributed by atoms with van der Waals surface area (Å²) in [5.74, 6) is -0.614. The topological polar surface area (TPSA) is 55.2 Å². The molecule has 0 unspecified atom stereocenters. The lowest BCUT2D eigenvalue weighted by molar-refractivity contribution is -0.385. The van der Waals surface area contributed by atoms with Gasteiger partial charge in [0.15, 0.2) is 0 Å². The maximum atomic E-state index is 13.3. The van der Waals surface area contributed by atoms with E-state index in [2.05, 4.69) is 5.32 Å². The number of halogens is 2. The molecule has 2 aromatic carbocycles. The van der Waals surface area contributed by atoms with E-state index >= 15 is 0 Å². The van der Waals surface area contributed by atoms with Gasteiger partial charge in [0.1, 0.15) is 5.82 Å². The van der Waals surface area contributed by atoms with Gasteiger partial charge in [-0.25, -0.2) is 4.39 Å². The predicted octanol–water partition coefficient (Wildman–Crippen LogP) is 4.24. The molecule has 0 amide bonds. The Bertz CT molecular complexity index is 664. The van der Waals surface area contributed by atoms with Crippen molar-refractivity contribution in [3.05, 3.63) is 74.5 Å². The van der Waals surface area contributed by atoms with Gasteiger partial charge in [-0.2, -0.15) is 0 Å². The van der Waals surface area contributed by atoms with E-state index in [4.69, 9.17) is 11.6 Å². The van der Waals surface area contributed by atoms with Crippen molar-refractivity contribution in [1.82, 2.24) is 5.32 Å². The monoisotopic (exact) mass is 308 g/mol. The molecule has 2 aromatic rings. The van der Waals surface area contributed by atoms with Crippen LogP contribution < -0.4 is 5.32 Å². The van der Waals surface area contributed by atoms with E-state index in [0.29, 0.717) is 17.1 Å². The Labute approximate surface area is 126 Å². The molecule has 0 bridgehead atoms. The smallest absolute Gasteiger partial charge is 0.272 e.